The SMILES string of the molecule is CC(C)CC(CC1(C)CC1)N(C)C. The van der Waals surface area contributed by atoms with E-state index in [-0.39, 0.29) is 0 Å². The zero-order valence-corrected chi connectivity index (χ0v) is 9.93. The maximum absolute atomic E-state index is 2.43. The monoisotopic (exact) mass is 183 g/mol. The van der Waals surface area contributed by atoms with Crippen molar-refractivity contribution >= 4 is 0 Å². The zero-order chi connectivity index (χ0) is 10.1. The fourth-order valence-corrected chi connectivity index (χ4v) is 2.01. The quantitative estimate of drug-likeness (QED) is 0.633. The van der Waals surface area contributed by atoms with Crippen molar-refractivity contribution in [3.63, 3.8) is 0 Å². The molecule has 0 aromatic heterocycles. The van der Waals surface area contributed by atoms with E-state index in [2.05, 4.69) is 39.8 Å². The van der Waals surface area contributed by atoms with Gasteiger partial charge in [-0.25, -0.2) is 0 Å². The summed E-state index contributed by atoms with van der Waals surface area (Å²) in [5.74, 6) is 0.828. The first kappa shape index (κ1) is 11.0. The Hall–Kier alpha value is -0.0400. The van der Waals surface area contributed by atoms with Gasteiger partial charge in [-0.3, -0.25) is 0 Å². The number of hydrogen-bond acceptors (Lipinski definition) is 1. The van der Waals surface area contributed by atoms with E-state index in [1.807, 2.05) is 0 Å². The molecule has 1 saturated carbocycles. The van der Waals surface area contributed by atoms with E-state index in [1.54, 1.807) is 0 Å². The van der Waals surface area contributed by atoms with Gasteiger partial charge < -0.3 is 4.90 Å². The van der Waals surface area contributed by atoms with Crippen molar-refractivity contribution in [2.24, 2.45) is 11.3 Å². The molecule has 0 N–H and O–H groups in total. The van der Waals surface area contributed by atoms with E-state index < -0.39 is 0 Å². The molecule has 1 nitrogen and oxygen atoms in total. The third kappa shape index (κ3) is 3.68. The molecule has 0 aromatic rings. The third-order valence-corrected chi connectivity index (χ3v) is 3.31. The molecule has 0 heterocycles. The molecule has 1 heteroatoms. The lowest BCUT2D eigenvalue weighted by atomic mass is 9.92. The molecule has 1 rings (SSSR count). The minimum absolute atomic E-state index is 0.698. The second-order valence-corrected chi connectivity index (χ2v) is 5.76. The molecule has 1 aliphatic carbocycles. The van der Waals surface area contributed by atoms with E-state index in [4.69, 9.17) is 0 Å². The first-order valence-corrected chi connectivity index (χ1v) is 5.59. The van der Waals surface area contributed by atoms with Crippen molar-refractivity contribution in [3.8, 4) is 0 Å². The van der Waals surface area contributed by atoms with Crippen LogP contribution in [0, 0.1) is 11.3 Å². The average Bonchev–Trinajstić information content (AvgIpc) is 2.65. The molecular weight excluding hydrogens is 158 g/mol. The van der Waals surface area contributed by atoms with Crippen molar-refractivity contribution in [1.29, 1.82) is 0 Å². The number of hydrogen-bond donors (Lipinski definition) is 0. The fourth-order valence-electron chi connectivity index (χ4n) is 2.01. The Morgan fingerprint density at radius 3 is 2.08 bits per heavy atom. The molecule has 0 spiro atoms. The molecule has 78 valence electrons. The molecular formula is C12H25N. The van der Waals surface area contributed by atoms with Crippen molar-refractivity contribution in [2.45, 2.75) is 52.5 Å². The van der Waals surface area contributed by atoms with Crippen molar-refractivity contribution < 1.29 is 0 Å². The average molecular weight is 183 g/mol. The van der Waals surface area contributed by atoms with Crippen LogP contribution in [0.1, 0.15) is 46.5 Å². The first-order valence-electron chi connectivity index (χ1n) is 5.59. The molecule has 0 amide bonds. The van der Waals surface area contributed by atoms with Crippen LogP contribution in [0.25, 0.3) is 0 Å². The lowest BCUT2D eigenvalue weighted by Crippen LogP contribution is -2.31. The van der Waals surface area contributed by atoms with E-state index in [0.717, 1.165) is 12.0 Å². The van der Waals surface area contributed by atoms with Gasteiger partial charge in [-0.15, -0.1) is 0 Å². The van der Waals surface area contributed by atoms with Crippen molar-refractivity contribution in [2.75, 3.05) is 14.1 Å². The van der Waals surface area contributed by atoms with Gasteiger partial charge in [0.05, 0.1) is 0 Å². The molecule has 1 aliphatic rings. The standard InChI is InChI=1S/C12H25N/c1-10(2)8-11(13(4)5)9-12(3)6-7-12/h10-11H,6-9H2,1-5H3. The van der Waals surface area contributed by atoms with E-state index >= 15 is 0 Å². The van der Waals surface area contributed by atoms with Gasteiger partial charge in [0.25, 0.3) is 0 Å². The van der Waals surface area contributed by atoms with Crippen LogP contribution < -0.4 is 0 Å². The highest BCUT2D eigenvalue weighted by molar-refractivity contribution is 4.92. The summed E-state index contributed by atoms with van der Waals surface area (Å²) in [5.41, 5.74) is 0.698. The lowest BCUT2D eigenvalue weighted by Gasteiger charge is -2.28. The Labute approximate surface area is 83.5 Å². The first-order chi connectivity index (χ1) is 5.93. The highest BCUT2D eigenvalue weighted by Crippen LogP contribution is 2.49. The molecule has 0 aromatic carbocycles. The van der Waals surface area contributed by atoms with Crippen LogP contribution in [0.5, 0.6) is 0 Å². The van der Waals surface area contributed by atoms with E-state index in [1.165, 1.54) is 25.7 Å². The Morgan fingerprint density at radius 2 is 1.77 bits per heavy atom. The summed E-state index contributed by atoms with van der Waals surface area (Å²) in [6.07, 6.45) is 5.66. The van der Waals surface area contributed by atoms with Crippen LogP contribution in [0.2, 0.25) is 0 Å². The lowest BCUT2D eigenvalue weighted by molar-refractivity contribution is 0.211. The van der Waals surface area contributed by atoms with Crippen LogP contribution in [-0.4, -0.2) is 25.0 Å². The molecule has 13 heavy (non-hydrogen) atoms. The summed E-state index contributed by atoms with van der Waals surface area (Å²) in [6.45, 7) is 7.08. The van der Waals surface area contributed by atoms with Crippen LogP contribution in [0.15, 0.2) is 0 Å². The van der Waals surface area contributed by atoms with Gasteiger partial charge in [-0.05, 0) is 51.1 Å². The van der Waals surface area contributed by atoms with Gasteiger partial charge in [0.15, 0.2) is 0 Å². The smallest absolute Gasteiger partial charge is 0.00967 e. The predicted octanol–water partition coefficient (Wildman–Crippen LogP) is 3.15. The predicted molar refractivity (Wildman–Crippen MR) is 58.9 cm³/mol. The molecule has 0 radical (unpaired) electrons. The maximum Gasteiger partial charge on any atom is 0.00967 e. The zero-order valence-electron chi connectivity index (χ0n) is 9.93. The Balaban J connectivity index is 2.38. The van der Waals surface area contributed by atoms with Crippen molar-refractivity contribution in [1.82, 2.24) is 4.90 Å². The van der Waals surface area contributed by atoms with E-state index in [9.17, 15) is 0 Å². The number of rotatable bonds is 5. The second-order valence-electron chi connectivity index (χ2n) is 5.76. The van der Waals surface area contributed by atoms with Gasteiger partial charge in [0, 0.05) is 6.04 Å². The normalized spacial score (nSPS) is 22.4. The molecule has 0 aliphatic heterocycles. The fraction of sp³-hybridized carbons (Fsp3) is 1.00. The minimum Gasteiger partial charge on any atom is -0.306 e. The molecule has 1 unspecified atom stereocenters. The summed E-state index contributed by atoms with van der Waals surface area (Å²) < 4.78 is 0. The highest BCUT2D eigenvalue weighted by Gasteiger charge is 2.39. The number of nitrogens with zero attached hydrogens (tertiary/aromatic N) is 1. The summed E-state index contributed by atoms with van der Waals surface area (Å²) in [6, 6.07) is 0.799. The second kappa shape index (κ2) is 4.00. The van der Waals surface area contributed by atoms with Crippen molar-refractivity contribution in [3.05, 3.63) is 0 Å². The van der Waals surface area contributed by atoms with Crippen LogP contribution in [0.4, 0.5) is 0 Å². The summed E-state index contributed by atoms with van der Waals surface area (Å²) in [4.78, 5) is 2.41. The highest BCUT2D eigenvalue weighted by atomic mass is 15.1. The third-order valence-electron chi connectivity index (χ3n) is 3.31. The minimum atomic E-state index is 0.698. The van der Waals surface area contributed by atoms with Gasteiger partial charge in [-0.2, -0.15) is 0 Å². The van der Waals surface area contributed by atoms with Gasteiger partial charge in [0.1, 0.15) is 0 Å². The van der Waals surface area contributed by atoms with Gasteiger partial charge >= 0.3 is 0 Å². The Bertz CT molecular complexity index is 157. The topological polar surface area (TPSA) is 3.24 Å². The van der Waals surface area contributed by atoms with Gasteiger partial charge in [-0.1, -0.05) is 20.8 Å². The molecule has 1 fully saturated rings. The maximum atomic E-state index is 2.43. The van der Waals surface area contributed by atoms with E-state index in [0.29, 0.717) is 5.41 Å². The van der Waals surface area contributed by atoms with Crippen LogP contribution in [0.3, 0.4) is 0 Å². The summed E-state index contributed by atoms with van der Waals surface area (Å²) >= 11 is 0. The summed E-state index contributed by atoms with van der Waals surface area (Å²) in [5, 5.41) is 0. The van der Waals surface area contributed by atoms with Gasteiger partial charge in [0.2, 0.25) is 0 Å². The molecule has 0 saturated heterocycles. The largest absolute Gasteiger partial charge is 0.306 e. The molecule has 0 bridgehead atoms. The van der Waals surface area contributed by atoms with Crippen LogP contribution in [-0.2, 0) is 0 Å². The Kier molecular flexibility index (Phi) is 3.39. The molecule has 1 atom stereocenters. The van der Waals surface area contributed by atoms with Crippen LogP contribution >= 0.6 is 0 Å². The summed E-state index contributed by atoms with van der Waals surface area (Å²) in [7, 11) is 4.44. The Morgan fingerprint density at radius 1 is 1.23 bits per heavy atom.